The number of hydrogen-bond donors (Lipinski definition) is 1. The molecule has 0 fully saturated rings. The van der Waals surface area contributed by atoms with Gasteiger partial charge in [-0.1, -0.05) is 36.8 Å². The molecule has 2 aromatic heterocycles. The Morgan fingerprint density at radius 2 is 2.06 bits per heavy atom. The van der Waals surface area contributed by atoms with E-state index < -0.39 is 23.5 Å². The molecular formula is C23H23N3O5S. The largest absolute Gasteiger partial charge is 0.503 e. The average Bonchev–Trinajstić information content (AvgIpc) is 3.47. The van der Waals surface area contributed by atoms with Gasteiger partial charge in [0.1, 0.15) is 16.5 Å². The predicted octanol–water partition coefficient (Wildman–Crippen LogP) is 4.71. The first-order valence-electron chi connectivity index (χ1n) is 10.3. The third kappa shape index (κ3) is 4.03. The second-order valence-electron chi connectivity index (χ2n) is 7.46. The van der Waals surface area contributed by atoms with Crippen LogP contribution in [0.25, 0.3) is 0 Å². The molecule has 1 atom stereocenters. The number of nitrogens with zero attached hydrogens (tertiary/aromatic N) is 3. The summed E-state index contributed by atoms with van der Waals surface area (Å²) in [5.41, 5.74) is 0.541. The molecule has 0 unspecified atom stereocenters. The summed E-state index contributed by atoms with van der Waals surface area (Å²) in [5, 5.41) is 19.8. The van der Waals surface area contributed by atoms with Crippen LogP contribution in [0.1, 0.15) is 52.7 Å². The standard InChI is InChI=1S/C23H23N3O5S/c1-4-5-11-30-16-8-6-7-15(12-16)19-18(20(27)17-10-9-13(2)31-17)21(28)22(29)26(19)23-25-24-14(3)32-23/h6-10,12,19,28H,4-5,11H2,1-3H3/t19-/m1/s1. The highest BCUT2D eigenvalue weighted by Gasteiger charge is 2.46. The van der Waals surface area contributed by atoms with Crippen LogP contribution in [0.5, 0.6) is 5.75 Å². The number of aromatic nitrogens is 2. The third-order valence-corrected chi connectivity index (χ3v) is 5.92. The van der Waals surface area contributed by atoms with Crippen LogP contribution in [0.2, 0.25) is 0 Å². The summed E-state index contributed by atoms with van der Waals surface area (Å²) in [6.07, 6.45) is 1.91. The summed E-state index contributed by atoms with van der Waals surface area (Å²) in [6.45, 7) is 6.12. The maximum Gasteiger partial charge on any atom is 0.296 e. The monoisotopic (exact) mass is 453 g/mol. The zero-order chi connectivity index (χ0) is 22.8. The van der Waals surface area contributed by atoms with Crippen molar-refractivity contribution < 1.29 is 23.8 Å². The maximum atomic E-state index is 13.3. The summed E-state index contributed by atoms with van der Waals surface area (Å²) in [5.74, 6) is -0.683. The first-order valence-corrected chi connectivity index (χ1v) is 11.1. The van der Waals surface area contributed by atoms with Gasteiger partial charge in [0.25, 0.3) is 5.91 Å². The number of aryl methyl sites for hydroxylation is 2. The van der Waals surface area contributed by atoms with Crippen LogP contribution >= 0.6 is 11.3 Å². The van der Waals surface area contributed by atoms with E-state index >= 15 is 0 Å². The van der Waals surface area contributed by atoms with E-state index in [1.165, 1.54) is 22.3 Å². The number of rotatable bonds is 8. The molecule has 1 aromatic carbocycles. The molecule has 8 nitrogen and oxygen atoms in total. The van der Waals surface area contributed by atoms with Crippen LogP contribution in [-0.4, -0.2) is 33.6 Å². The molecule has 1 amide bonds. The lowest BCUT2D eigenvalue weighted by Crippen LogP contribution is -2.31. The smallest absolute Gasteiger partial charge is 0.296 e. The summed E-state index contributed by atoms with van der Waals surface area (Å²) in [6, 6.07) is 9.45. The molecule has 0 saturated carbocycles. The zero-order valence-electron chi connectivity index (χ0n) is 18.0. The van der Waals surface area contributed by atoms with Crippen molar-refractivity contribution >= 4 is 28.2 Å². The molecule has 3 aromatic rings. The number of hydrogen-bond acceptors (Lipinski definition) is 8. The van der Waals surface area contributed by atoms with Crippen molar-refractivity contribution in [3.8, 4) is 5.75 Å². The van der Waals surface area contributed by atoms with Gasteiger partial charge in [-0.3, -0.25) is 14.5 Å². The predicted molar refractivity (Wildman–Crippen MR) is 119 cm³/mol. The van der Waals surface area contributed by atoms with Gasteiger partial charge in [-0.15, -0.1) is 10.2 Å². The fraction of sp³-hybridized carbons (Fsp3) is 0.304. The normalized spacial score (nSPS) is 16.2. The molecule has 0 radical (unpaired) electrons. The molecule has 166 valence electrons. The molecule has 1 N–H and O–H groups in total. The van der Waals surface area contributed by atoms with Crippen LogP contribution < -0.4 is 9.64 Å². The number of ether oxygens (including phenoxy) is 1. The molecule has 9 heteroatoms. The Morgan fingerprint density at radius 3 is 2.72 bits per heavy atom. The Balaban J connectivity index is 1.80. The van der Waals surface area contributed by atoms with E-state index in [2.05, 4.69) is 17.1 Å². The Hall–Kier alpha value is -3.46. The molecule has 0 aliphatic carbocycles. The number of aliphatic hydroxyl groups is 1. The summed E-state index contributed by atoms with van der Waals surface area (Å²) in [7, 11) is 0. The van der Waals surface area contributed by atoms with Gasteiger partial charge in [0.15, 0.2) is 11.5 Å². The fourth-order valence-corrected chi connectivity index (χ4v) is 4.25. The molecule has 0 saturated heterocycles. The maximum absolute atomic E-state index is 13.3. The molecular weight excluding hydrogens is 430 g/mol. The quantitative estimate of drug-likeness (QED) is 0.389. The van der Waals surface area contributed by atoms with E-state index in [4.69, 9.17) is 9.15 Å². The molecule has 32 heavy (non-hydrogen) atoms. The minimum absolute atomic E-state index is 0.0486. The average molecular weight is 454 g/mol. The number of ketones is 1. The van der Waals surface area contributed by atoms with Crippen molar-refractivity contribution in [1.29, 1.82) is 0 Å². The minimum atomic E-state index is -0.900. The molecule has 0 bridgehead atoms. The fourth-order valence-electron chi connectivity index (χ4n) is 3.53. The van der Waals surface area contributed by atoms with Gasteiger partial charge in [-0.25, -0.2) is 0 Å². The van der Waals surface area contributed by atoms with Crippen molar-refractivity contribution in [3.05, 3.63) is 69.8 Å². The van der Waals surface area contributed by atoms with E-state index in [0.717, 1.165) is 12.8 Å². The SMILES string of the molecule is CCCCOc1cccc([C@@H]2C(C(=O)c3ccc(C)o3)=C(O)C(=O)N2c2nnc(C)s2)c1. The molecule has 4 rings (SSSR count). The van der Waals surface area contributed by atoms with Crippen molar-refractivity contribution in [1.82, 2.24) is 10.2 Å². The van der Waals surface area contributed by atoms with Crippen molar-refractivity contribution in [2.45, 2.75) is 39.7 Å². The molecule has 3 heterocycles. The van der Waals surface area contributed by atoms with Crippen LogP contribution in [-0.2, 0) is 4.79 Å². The Kier molecular flexibility index (Phi) is 6.09. The Labute approximate surface area is 189 Å². The highest BCUT2D eigenvalue weighted by Crippen LogP contribution is 2.43. The highest BCUT2D eigenvalue weighted by atomic mass is 32.1. The van der Waals surface area contributed by atoms with Crippen molar-refractivity contribution in [2.75, 3.05) is 11.5 Å². The van der Waals surface area contributed by atoms with Crippen molar-refractivity contribution in [3.63, 3.8) is 0 Å². The second-order valence-corrected chi connectivity index (χ2v) is 8.62. The van der Waals surface area contributed by atoms with Gasteiger partial charge >= 0.3 is 0 Å². The topological polar surface area (TPSA) is 106 Å². The number of Topliss-reactive ketones (excluding diaryl/α,β-unsaturated/α-hetero) is 1. The van der Waals surface area contributed by atoms with Gasteiger partial charge in [-0.05, 0) is 50.1 Å². The zero-order valence-corrected chi connectivity index (χ0v) is 18.8. The summed E-state index contributed by atoms with van der Waals surface area (Å²) in [4.78, 5) is 27.7. The number of anilines is 1. The van der Waals surface area contributed by atoms with Crippen LogP contribution in [0.15, 0.2) is 52.1 Å². The Morgan fingerprint density at radius 1 is 1.25 bits per heavy atom. The van der Waals surface area contributed by atoms with Crippen LogP contribution in [0, 0.1) is 13.8 Å². The van der Waals surface area contributed by atoms with Gasteiger partial charge in [-0.2, -0.15) is 0 Å². The van der Waals surface area contributed by atoms with Gasteiger partial charge < -0.3 is 14.3 Å². The lowest BCUT2D eigenvalue weighted by molar-refractivity contribution is -0.117. The van der Waals surface area contributed by atoms with Crippen LogP contribution in [0.3, 0.4) is 0 Å². The summed E-state index contributed by atoms with van der Waals surface area (Å²) >= 11 is 1.20. The Bertz CT molecular complexity index is 1200. The van der Waals surface area contributed by atoms with E-state index in [1.807, 2.05) is 6.07 Å². The lowest BCUT2D eigenvalue weighted by Gasteiger charge is -2.24. The number of benzene rings is 1. The lowest BCUT2D eigenvalue weighted by atomic mass is 9.95. The van der Waals surface area contributed by atoms with E-state index in [0.29, 0.717) is 33.8 Å². The number of carbonyl (C=O) groups excluding carboxylic acids is 2. The van der Waals surface area contributed by atoms with E-state index in [1.54, 1.807) is 38.1 Å². The number of unbranched alkanes of at least 4 members (excludes halogenated alkanes) is 1. The van der Waals surface area contributed by atoms with Gasteiger partial charge in [0.05, 0.1) is 18.2 Å². The van der Waals surface area contributed by atoms with E-state index in [9.17, 15) is 14.7 Å². The number of amides is 1. The van der Waals surface area contributed by atoms with Crippen molar-refractivity contribution in [2.24, 2.45) is 0 Å². The first kappa shape index (κ1) is 21.8. The minimum Gasteiger partial charge on any atom is -0.503 e. The second kappa shape index (κ2) is 8.96. The molecule has 1 aliphatic rings. The van der Waals surface area contributed by atoms with Gasteiger partial charge in [0.2, 0.25) is 10.9 Å². The number of furan rings is 1. The molecule has 1 aliphatic heterocycles. The van der Waals surface area contributed by atoms with Crippen LogP contribution in [0.4, 0.5) is 5.13 Å². The number of aliphatic hydroxyl groups excluding tert-OH is 1. The highest BCUT2D eigenvalue weighted by molar-refractivity contribution is 7.15. The van der Waals surface area contributed by atoms with E-state index in [-0.39, 0.29) is 11.3 Å². The first-order chi connectivity index (χ1) is 15.4. The third-order valence-electron chi connectivity index (χ3n) is 5.08. The summed E-state index contributed by atoms with van der Waals surface area (Å²) < 4.78 is 11.3. The van der Waals surface area contributed by atoms with Gasteiger partial charge in [0, 0.05) is 0 Å². The molecule has 0 spiro atoms. The number of carbonyl (C=O) groups is 2.